The van der Waals surface area contributed by atoms with Gasteiger partial charge in [-0.25, -0.2) is 0 Å². The van der Waals surface area contributed by atoms with Crippen LogP contribution < -0.4 is 20.1 Å². The molecule has 1 unspecified atom stereocenters. The highest BCUT2D eigenvalue weighted by molar-refractivity contribution is 5.80. The lowest BCUT2D eigenvalue weighted by atomic mass is 10.0. The summed E-state index contributed by atoms with van der Waals surface area (Å²) in [6.07, 6.45) is 4.74. The molecule has 0 saturated carbocycles. The molecule has 0 spiro atoms. The number of benzene rings is 1. The molecule has 0 radical (unpaired) electrons. The Morgan fingerprint density at radius 2 is 2.07 bits per heavy atom. The highest BCUT2D eigenvalue weighted by Gasteiger charge is 2.22. The minimum Gasteiger partial charge on any atom is -0.494 e. The second-order valence-corrected chi connectivity index (χ2v) is 7.82. The molecule has 1 aromatic rings. The fourth-order valence-electron chi connectivity index (χ4n) is 4.09. The summed E-state index contributed by atoms with van der Waals surface area (Å²) < 4.78 is 11.8. The van der Waals surface area contributed by atoms with Crippen LogP contribution in [-0.4, -0.2) is 56.3 Å². The van der Waals surface area contributed by atoms with Crippen LogP contribution in [-0.2, 0) is 13.0 Å². The molecule has 2 N–H and O–H groups in total. The molecule has 28 heavy (non-hydrogen) atoms. The Hall–Kier alpha value is -1.95. The third kappa shape index (κ3) is 5.31. The van der Waals surface area contributed by atoms with Gasteiger partial charge in [0.1, 0.15) is 17.6 Å². The molecule has 1 saturated heterocycles. The van der Waals surface area contributed by atoms with Crippen molar-refractivity contribution in [2.24, 2.45) is 4.99 Å². The van der Waals surface area contributed by atoms with Crippen LogP contribution in [0.25, 0.3) is 0 Å². The zero-order valence-corrected chi connectivity index (χ0v) is 17.9. The number of likely N-dealkylation sites (tertiary alicyclic amines) is 1. The van der Waals surface area contributed by atoms with Gasteiger partial charge in [-0.3, -0.25) is 4.99 Å². The third-order valence-corrected chi connectivity index (χ3v) is 5.52. The first-order chi connectivity index (χ1) is 13.6. The average Bonchev–Trinajstić information content (AvgIpc) is 3.05. The van der Waals surface area contributed by atoms with Crippen LogP contribution in [0.4, 0.5) is 0 Å². The minimum absolute atomic E-state index is 0.237. The van der Waals surface area contributed by atoms with Crippen LogP contribution in [0.5, 0.6) is 11.5 Å². The van der Waals surface area contributed by atoms with Crippen molar-refractivity contribution >= 4 is 5.96 Å². The van der Waals surface area contributed by atoms with Crippen molar-refractivity contribution in [1.29, 1.82) is 0 Å². The van der Waals surface area contributed by atoms with Crippen molar-refractivity contribution in [1.82, 2.24) is 15.5 Å². The normalized spacial score (nSPS) is 20.6. The third-order valence-electron chi connectivity index (χ3n) is 5.52. The lowest BCUT2D eigenvalue weighted by Crippen LogP contribution is -2.48. The molecular weight excluding hydrogens is 352 g/mol. The number of aliphatic imine (C=N–C) groups is 1. The van der Waals surface area contributed by atoms with Crippen molar-refractivity contribution in [3.63, 3.8) is 0 Å². The fraction of sp³-hybridized carbons (Fsp3) is 0.682. The first-order valence-electron chi connectivity index (χ1n) is 10.8. The number of ether oxygens (including phenoxy) is 2. The lowest BCUT2D eigenvalue weighted by Gasteiger charge is -2.32. The van der Waals surface area contributed by atoms with Gasteiger partial charge in [-0.1, -0.05) is 6.92 Å². The number of nitrogens with one attached hydrogen (secondary N) is 2. The zero-order chi connectivity index (χ0) is 19.9. The van der Waals surface area contributed by atoms with Crippen LogP contribution in [0.3, 0.4) is 0 Å². The maximum atomic E-state index is 5.93. The predicted molar refractivity (Wildman–Crippen MR) is 114 cm³/mol. The molecule has 0 aromatic heterocycles. The van der Waals surface area contributed by atoms with Crippen LogP contribution in [0.15, 0.2) is 17.1 Å². The van der Waals surface area contributed by atoms with Gasteiger partial charge < -0.3 is 25.0 Å². The minimum atomic E-state index is 0.237. The van der Waals surface area contributed by atoms with E-state index in [4.69, 9.17) is 9.47 Å². The molecule has 2 aliphatic rings. The summed E-state index contributed by atoms with van der Waals surface area (Å²) in [5.41, 5.74) is 2.34. The van der Waals surface area contributed by atoms with E-state index in [1.165, 1.54) is 18.5 Å². The van der Waals surface area contributed by atoms with E-state index in [1.54, 1.807) is 0 Å². The standard InChI is InChI=1S/C22H36N4O2/c1-5-9-26-10-7-19(8-11-26)25-22(23-4)24-15-18-14-21-17(12-16(3)28-21)13-20(18)27-6-2/h13-14,16,19H,5-12,15H2,1-4H3,(H2,23,24,25). The first kappa shape index (κ1) is 20.8. The first-order valence-corrected chi connectivity index (χ1v) is 10.8. The van der Waals surface area contributed by atoms with Crippen molar-refractivity contribution in [2.45, 2.75) is 65.1 Å². The number of fused-ring (bicyclic) bond motifs is 1. The summed E-state index contributed by atoms with van der Waals surface area (Å²) in [7, 11) is 1.83. The molecule has 2 aliphatic heterocycles. The van der Waals surface area contributed by atoms with Gasteiger partial charge >= 0.3 is 0 Å². The quantitative estimate of drug-likeness (QED) is 0.556. The molecule has 0 aliphatic carbocycles. The van der Waals surface area contributed by atoms with Gasteiger partial charge in [0.2, 0.25) is 0 Å². The van der Waals surface area contributed by atoms with Crippen molar-refractivity contribution in [2.75, 3.05) is 33.3 Å². The SMILES string of the molecule is CCCN1CCC(NC(=NC)NCc2cc3c(cc2OCC)CC(C)O3)CC1. The van der Waals surface area contributed by atoms with Crippen LogP contribution in [0.1, 0.15) is 51.2 Å². The Morgan fingerprint density at radius 3 is 2.75 bits per heavy atom. The maximum Gasteiger partial charge on any atom is 0.191 e. The summed E-state index contributed by atoms with van der Waals surface area (Å²) in [6, 6.07) is 4.74. The number of hydrogen-bond acceptors (Lipinski definition) is 4. The number of rotatable bonds is 7. The molecule has 1 fully saturated rings. The monoisotopic (exact) mass is 388 g/mol. The van der Waals surface area contributed by atoms with Gasteiger partial charge in [0.05, 0.1) is 6.61 Å². The predicted octanol–water partition coefficient (Wildman–Crippen LogP) is 2.95. The van der Waals surface area contributed by atoms with Crippen LogP contribution in [0.2, 0.25) is 0 Å². The highest BCUT2D eigenvalue weighted by atomic mass is 16.5. The fourth-order valence-corrected chi connectivity index (χ4v) is 4.09. The Kier molecular flexibility index (Phi) is 7.43. The number of nitrogens with zero attached hydrogens (tertiary/aromatic N) is 2. The highest BCUT2D eigenvalue weighted by Crippen LogP contribution is 2.35. The summed E-state index contributed by atoms with van der Waals surface area (Å²) in [4.78, 5) is 6.97. The lowest BCUT2D eigenvalue weighted by molar-refractivity contribution is 0.206. The van der Waals surface area contributed by atoms with E-state index in [0.29, 0.717) is 19.2 Å². The molecule has 3 rings (SSSR count). The summed E-state index contributed by atoms with van der Waals surface area (Å²) in [5, 5.41) is 7.05. The molecule has 6 nitrogen and oxygen atoms in total. The van der Waals surface area contributed by atoms with E-state index in [2.05, 4.69) is 46.5 Å². The van der Waals surface area contributed by atoms with Crippen molar-refractivity contribution in [3.8, 4) is 11.5 Å². The molecular formula is C22H36N4O2. The average molecular weight is 389 g/mol. The second-order valence-electron chi connectivity index (χ2n) is 7.82. The number of hydrogen-bond donors (Lipinski definition) is 2. The van der Waals surface area contributed by atoms with E-state index in [-0.39, 0.29) is 6.10 Å². The van der Waals surface area contributed by atoms with Crippen molar-refractivity contribution < 1.29 is 9.47 Å². The number of guanidine groups is 1. The number of piperidine rings is 1. The van der Waals surface area contributed by atoms with Gasteiger partial charge in [0.25, 0.3) is 0 Å². The van der Waals surface area contributed by atoms with Gasteiger partial charge in [0.15, 0.2) is 5.96 Å². The Bertz CT molecular complexity index is 669. The summed E-state index contributed by atoms with van der Waals surface area (Å²) in [6.45, 7) is 11.2. The second kappa shape index (κ2) is 10.0. The summed E-state index contributed by atoms with van der Waals surface area (Å²) >= 11 is 0. The van der Waals surface area contributed by atoms with E-state index in [0.717, 1.165) is 55.4 Å². The molecule has 156 valence electrons. The molecule has 2 heterocycles. The van der Waals surface area contributed by atoms with Gasteiger partial charge in [-0.05, 0) is 51.8 Å². The maximum absolute atomic E-state index is 5.93. The molecule has 0 bridgehead atoms. The van der Waals surface area contributed by atoms with E-state index in [1.807, 2.05) is 14.0 Å². The van der Waals surface area contributed by atoms with E-state index >= 15 is 0 Å². The van der Waals surface area contributed by atoms with Crippen LogP contribution in [0, 0.1) is 0 Å². The molecule has 6 heteroatoms. The van der Waals surface area contributed by atoms with E-state index in [9.17, 15) is 0 Å². The zero-order valence-electron chi connectivity index (χ0n) is 17.9. The molecule has 1 aromatic carbocycles. The largest absolute Gasteiger partial charge is 0.494 e. The Morgan fingerprint density at radius 1 is 1.29 bits per heavy atom. The van der Waals surface area contributed by atoms with E-state index < -0.39 is 0 Å². The Labute approximate surface area is 169 Å². The summed E-state index contributed by atoms with van der Waals surface area (Å²) in [5.74, 6) is 2.78. The van der Waals surface area contributed by atoms with Gasteiger partial charge in [-0.15, -0.1) is 0 Å². The Balaban J connectivity index is 1.57. The smallest absolute Gasteiger partial charge is 0.191 e. The van der Waals surface area contributed by atoms with Gasteiger partial charge in [0, 0.05) is 50.3 Å². The van der Waals surface area contributed by atoms with Gasteiger partial charge in [-0.2, -0.15) is 0 Å². The molecule has 1 atom stereocenters. The van der Waals surface area contributed by atoms with Crippen molar-refractivity contribution in [3.05, 3.63) is 23.3 Å². The molecule has 0 amide bonds. The van der Waals surface area contributed by atoms with Crippen LogP contribution >= 0.6 is 0 Å². The topological polar surface area (TPSA) is 58.1 Å².